The molecular formula is C24H21ClN4O2S. The molecule has 0 aliphatic heterocycles. The molecule has 0 aliphatic carbocycles. The molecule has 0 fully saturated rings. The van der Waals surface area contributed by atoms with Crippen LogP contribution in [0.4, 0.5) is 0 Å². The van der Waals surface area contributed by atoms with E-state index in [0.717, 1.165) is 27.3 Å². The number of thioether (sulfide) groups is 1. The summed E-state index contributed by atoms with van der Waals surface area (Å²) in [5, 5.41) is 12.4. The highest BCUT2D eigenvalue weighted by molar-refractivity contribution is 7.98. The van der Waals surface area contributed by atoms with E-state index < -0.39 is 0 Å². The number of hydrogen-bond acceptors (Lipinski definition) is 6. The van der Waals surface area contributed by atoms with Crippen molar-refractivity contribution in [3.8, 4) is 11.5 Å². The van der Waals surface area contributed by atoms with E-state index in [1.165, 1.54) is 11.8 Å². The fraction of sp³-hybridized carbons (Fsp3) is 0.167. The molecule has 2 heterocycles. The number of carbonyl (C=O) groups is 1. The number of nitrogens with zero attached hydrogens (tertiary/aromatic N) is 3. The molecule has 8 heteroatoms. The van der Waals surface area contributed by atoms with E-state index in [1.807, 2.05) is 60.7 Å². The Morgan fingerprint density at radius 3 is 2.50 bits per heavy atom. The van der Waals surface area contributed by atoms with Crippen LogP contribution in [0.5, 0.6) is 0 Å². The predicted molar refractivity (Wildman–Crippen MR) is 125 cm³/mol. The normalized spacial score (nSPS) is 10.8. The van der Waals surface area contributed by atoms with Crippen LogP contribution in [-0.4, -0.2) is 27.6 Å². The van der Waals surface area contributed by atoms with Gasteiger partial charge in [0.2, 0.25) is 11.8 Å². The zero-order valence-electron chi connectivity index (χ0n) is 17.2. The van der Waals surface area contributed by atoms with E-state index in [1.54, 1.807) is 12.4 Å². The van der Waals surface area contributed by atoms with Crippen molar-refractivity contribution < 1.29 is 9.21 Å². The molecule has 0 atom stereocenters. The quantitative estimate of drug-likeness (QED) is 0.352. The van der Waals surface area contributed by atoms with E-state index in [9.17, 15) is 4.79 Å². The summed E-state index contributed by atoms with van der Waals surface area (Å²) < 4.78 is 5.70. The smallest absolute Gasteiger partial charge is 0.277 e. The predicted octanol–water partition coefficient (Wildman–Crippen LogP) is 4.98. The van der Waals surface area contributed by atoms with Crippen molar-refractivity contribution in [2.45, 2.75) is 23.8 Å². The van der Waals surface area contributed by atoms with Crippen molar-refractivity contribution in [2.75, 3.05) is 6.54 Å². The maximum absolute atomic E-state index is 12.2. The van der Waals surface area contributed by atoms with Gasteiger partial charge in [0.1, 0.15) is 0 Å². The Balaban J connectivity index is 1.22. The summed E-state index contributed by atoms with van der Waals surface area (Å²) in [5.41, 5.74) is 3.95. The van der Waals surface area contributed by atoms with Crippen molar-refractivity contribution in [1.29, 1.82) is 0 Å². The molecule has 6 nitrogen and oxygen atoms in total. The number of aromatic nitrogens is 3. The first-order chi connectivity index (χ1) is 15.7. The zero-order chi connectivity index (χ0) is 22.2. The van der Waals surface area contributed by atoms with Crippen LogP contribution in [0.2, 0.25) is 5.02 Å². The van der Waals surface area contributed by atoms with Crippen LogP contribution < -0.4 is 5.32 Å². The average Bonchev–Trinajstić information content (AvgIpc) is 3.30. The lowest BCUT2D eigenvalue weighted by molar-refractivity contribution is -0.120. The maximum atomic E-state index is 12.2. The van der Waals surface area contributed by atoms with Gasteiger partial charge in [-0.25, -0.2) is 0 Å². The molecule has 2 aromatic carbocycles. The molecule has 162 valence electrons. The van der Waals surface area contributed by atoms with Crippen LogP contribution in [0.1, 0.15) is 16.7 Å². The Labute approximate surface area is 195 Å². The summed E-state index contributed by atoms with van der Waals surface area (Å²) in [6.45, 7) is 0.558. The summed E-state index contributed by atoms with van der Waals surface area (Å²) >= 11 is 7.62. The summed E-state index contributed by atoms with van der Waals surface area (Å²) in [6.07, 6.45) is 4.43. The largest absolute Gasteiger partial charge is 0.411 e. The van der Waals surface area contributed by atoms with Gasteiger partial charge < -0.3 is 9.73 Å². The second kappa shape index (κ2) is 10.9. The van der Waals surface area contributed by atoms with Gasteiger partial charge in [0.15, 0.2) is 0 Å². The first-order valence-corrected chi connectivity index (χ1v) is 11.5. The lowest BCUT2D eigenvalue weighted by atomic mass is 10.1. The van der Waals surface area contributed by atoms with Crippen molar-refractivity contribution in [3.63, 3.8) is 0 Å². The van der Waals surface area contributed by atoms with E-state index in [-0.39, 0.29) is 5.91 Å². The monoisotopic (exact) mass is 464 g/mol. The number of pyridine rings is 1. The summed E-state index contributed by atoms with van der Waals surface area (Å²) in [6, 6.07) is 19.3. The molecule has 32 heavy (non-hydrogen) atoms. The van der Waals surface area contributed by atoms with E-state index >= 15 is 0 Å². The van der Waals surface area contributed by atoms with Crippen molar-refractivity contribution in [2.24, 2.45) is 0 Å². The van der Waals surface area contributed by atoms with Crippen molar-refractivity contribution >= 4 is 29.3 Å². The molecule has 0 radical (unpaired) electrons. The second-order valence-corrected chi connectivity index (χ2v) is 8.42. The van der Waals surface area contributed by atoms with E-state index in [0.29, 0.717) is 36.3 Å². The Kier molecular flexibility index (Phi) is 7.53. The Morgan fingerprint density at radius 1 is 0.969 bits per heavy atom. The topological polar surface area (TPSA) is 80.9 Å². The van der Waals surface area contributed by atoms with Crippen molar-refractivity contribution in [1.82, 2.24) is 20.5 Å². The standard InChI is InChI=1S/C24H21ClN4O2S/c25-21-4-2-1-3-19(21)11-14-27-22(30)15-17-5-7-18(8-6-17)16-32-24-29-28-23(31-24)20-9-12-26-13-10-20/h1-10,12-13H,11,14-16H2,(H,27,30). The Morgan fingerprint density at radius 2 is 1.72 bits per heavy atom. The van der Waals surface area contributed by atoms with Crippen LogP contribution in [0.3, 0.4) is 0 Å². The molecule has 0 bridgehead atoms. The summed E-state index contributed by atoms with van der Waals surface area (Å²) in [4.78, 5) is 16.2. The Hall–Kier alpha value is -3.16. The third-order valence-corrected chi connectivity index (χ3v) is 6.02. The fourth-order valence-corrected chi connectivity index (χ4v) is 4.01. The number of nitrogens with one attached hydrogen (secondary N) is 1. The minimum absolute atomic E-state index is 0.00585. The first kappa shape index (κ1) is 22.0. The van der Waals surface area contributed by atoms with Gasteiger partial charge in [-0.1, -0.05) is 65.8 Å². The molecule has 1 N–H and O–H groups in total. The minimum atomic E-state index is -0.00585. The first-order valence-electron chi connectivity index (χ1n) is 10.1. The molecule has 0 unspecified atom stereocenters. The van der Waals surface area contributed by atoms with Gasteiger partial charge in [0.05, 0.1) is 6.42 Å². The third kappa shape index (κ3) is 6.18. The molecule has 4 aromatic rings. The molecule has 0 saturated heterocycles. The highest BCUT2D eigenvalue weighted by Crippen LogP contribution is 2.25. The van der Waals surface area contributed by atoms with Crippen LogP contribution in [0.25, 0.3) is 11.5 Å². The third-order valence-electron chi connectivity index (χ3n) is 4.76. The van der Waals surface area contributed by atoms with Gasteiger partial charge in [0.25, 0.3) is 5.22 Å². The van der Waals surface area contributed by atoms with Gasteiger partial charge >= 0.3 is 0 Å². The van der Waals surface area contributed by atoms with Gasteiger partial charge in [0, 0.05) is 35.3 Å². The second-order valence-electron chi connectivity index (χ2n) is 7.08. The molecular weight excluding hydrogens is 444 g/mol. The zero-order valence-corrected chi connectivity index (χ0v) is 18.8. The number of benzene rings is 2. The molecule has 1 amide bonds. The van der Waals surface area contributed by atoms with E-state index in [2.05, 4.69) is 20.5 Å². The summed E-state index contributed by atoms with van der Waals surface area (Å²) in [7, 11) is 0. The van der Waals surface area contributed by atoms with Gasteiger partial charge in [-0.05, 0) is 41.3 Å². The highest BCUT2D eigenvalue weighted by atomic mass is 35.5. The molecule has 0 saturated carbocycles. The van der Waals surface area contributed by atoms with Crippen LogP contribution >= 0.6 is 23.4 Å². The number of rotatable bonds is 9. The van der Waals surface area contributed by atoms with Gasteiger partial charge in [-0.3, -0.25) is 9.78 Å². The molecule has 2 aromatic heterocycles. The SMILES string of the molecule is O=C(Cc1ccc(CSc2nnc(-c3ccncc3)o2)cc1)NCCc1ccccc1Cl. The van der Waals surface area contributed by atoms with Crippen LogP contribution in [0, 0.1) is 0 Å². The van der Waals surface area contributed by atoms with Gasteiger partial charge in [-0.15, -0.1) is 10.2 Å². The molecule has 4 rings (SSSR count). The minimum Gasteiger partial charge on any atom is -0.411 e. The lowest BCUT2D eigenvalue weighted by Gasteiger charge is -2.07. The fourth-order valence-electron chi connectivity index (χ4n) is 3.06. The number of carbonyl (C=O) groups excluding carboxylic acids is 1. The van der Waals surface area contributed by atoms with Gasteiger partial charge in [-0.2, -0.15) is 0 Å². The highest BCUT2D eigenvalue weighted by Gasteiger charge is 2.09. The molecule has 0 spiro atoms. The summed E-state index contributed by atoms with van der Waals surface area (Å²) in [5.74, 6) is 1.17. The average molecular weight is 465 g/mol. The maximum Gasteiger partial charge on any atom is 0.277 e. The van der Waals surface area contributed by atoms with Crippen LogP contribution in [0.15, 0.2) is 82.7 Å². The lowest BCUT2D eigenvalue weighted by Crippen LogP contribution is -2.27. The Bertz CT molecular complexity index is 1170. The van der Waals surface area contributed by atoms with E-state index in [4.69, 9.17) is 16.0 Å². The van der Waals surface area contributed by atoms with Crippen LogP contribution in [-0.2, 0) is 23.4 Å². The number of hydrogen-bond donors (Lipinski definition) is 1. The number of amides is 1. The molecule has 0 aliphatic rings. The van der Waals surface area contributed by atoms with Crippen molar-refractivity contribution in [3.05, 3.63) is 94.8 Å². The number of halogens is 1.